The summed E-state index contributed by atoms with van der Waals surface area (Å²) in [6, 6.07) is 0.661. The Labute approximate surface area is 82.9 Å². The number of hydrogen-bond acceptors (Lipinski definition) is 2. The molecule has 0 bridgehead atoms. The molecule has 1 fully saturated rings. The lowest BCUT2D eigenvalue weighted by atomic mass is 9.91. The predicted octanol–water partition coefficient (Wildman–Crippen LogP) is 2.01. The van der Waals surface area contributed by atoms with Gasteiger partial charge in [-0.05, 0) is 26.3 Å². The van der Waals surface area contributed by atoms with Crippen molar-refractivity contribution in [2.75, 3.05) is 20.1 Å². The molecule has 1 aliphatic rings. The van der Waals surface area contributed by atoms with E-state index >= 15 is 0 Å². The molecule has 1 saturated heterocycles. The van der Waals surface area contributed by atoms with Crippen LogP contribution in [0.5, 0.6) is 0 Å². The van der Waals surface area contributed by atoms with Crippen LogP contribution >= 0.6 is 0 Å². The first-order chi connectivity index (χ1) is 5.84. The van der Waals surface area contributed by atoms with Crippen LogP contribution in [0.3, 0.4) is 0 Å². The third-order valence-electron chi connectivity index (χ3n) is 2.88. The largest absolute Gasteiger partial charge is 0.289 e. The molecule has 2 heteroatoms. The maximum Gasteiger partial charge on any atom is 0.0673 e. The predicted molar refractivity (Wildman–Crippen MR) is 57.7 cm³/mol. The highest BCUT2D eigenvalue weighted by atomic mass is 15.4. The van der Waals surface area contributed by atoms with Crippen LogP contribution in [0.2, 0.25) is 0 Å². The molecule has 78 valence electrons. The number of hydrogen-bond donors (Lipinski definition) is 0. The first kappa shape index (κ1) is 11.0. The first-order valence-corrected chi connectivity index (χ1v) is 5.30. The lowest BCUT2D eigenvalue weighted by Gasteiger charge is -2.40. The molecule has 1 rings (SSSR count). The van der Waals surface area contributed by atoms with Crippen LogP contribution in [0.4, 0.5) is 0 Å². The van der Waals surface area contributed by atoms with E-state index < -0.39 is 0 Å². The average Bonchev–Trinajstić information content (AvgIpc) is 2.28. The summed E-state index contributed by atoms with van der Waals surface area (Å²) in [5.74, 6) is 0. The van der Waals surface area contributed by atoms with Crippen LogP contribution in [0.25, 0.3) is 0 Å². The van der Waals surface area contributed by atoms with Gasteiger partial charge in [-0.25, -0.2) is 0 Å². The summed E-state index contributed by atoms with van der Waals surface area (Å²) in [6.07, 6.45) is 0.604. The van der Waals surface area contributed by atoms with Gasteiger partial charge in [0.15, 0.2) is 0 Å². The first-order valence-electron chi connectivity index (χ1n) is 5.30. The lowest BCUT2D eigenvalue weighted by molar-refractivity contribution is 0.0349. The van der Waals surface area contributed by atoms with E-state index in [0.29, 0.717) is 17.6 Å². The van der Waals surface area contributed by atoms with E-state index in [9.17, 15) is 0 Å². The summed E-state index contributed by atoms with van der Waals surface area (Å²) in [4.78, 5) is 5.07. The molecule has 0 N–H and O–H groups in total. The minimum Gasteiger partial charge on any atom is -0.289 e. The van der Waals surface area contributed by atoms with Crippen molar-refractivity contribution < 1.29 is 0 Å². The summed E-state index contributed by atoms with van der Waals surface area (Å²) < 4.78 is 0. The normalized spacial score (nSPS) is 27.5. The number of likely N-dealkylation sites (N-methyl/N-ethyl adjacent to an activating group) is 1. The van der Waals surface area contributed by atoms with Crippen LogP contribution in [0.1, 0.15) is 34.6 Å². The number of nitrogens with zero attached hydrogens (tertiary/aromatic N) is 2. The molecule has 1 unspecified atom stereocenters. The zero-order valence-corrected chi connectivity index (χ0v) is 9.96. The Morgan fingerprint density at radius 1 is 1.15 bits per heavy atom. The van der Waals surface area contributed by atoms with Crippen molar-refractivity contribution in [3.05, 3.63) is 0 Å². The van der Waals surface area contributed by atoms with E-state index in [1.807, 2.05) is 0 Å². The smallest absolute Gasteiger partial charge is 0.0673 e. The van der Waals surface area contributed by atoms with Crippen molar-refractivity contribution in [2.24, 2.45) is 5.41 Å². The van der Waals surface area contributed by atoms with Gasteiger partial charge in [-0.3, -0.25) is 9.80 Å². The van der Waals surface area contributed by atoms with Gasteiger partial charge in [-0.2, -0.15) is 0 Å². The molecule has 0 aromatic carbocycles. The Balaban J connectivity index is 2.77. The fourth-order valence-corrected chi connectivity index (χ4v) is 2.47. The molecule has 0 amide bonds. The van der Waals surface area contributed by atoms with Gasteiger partial charge in [-0.15, -0.1) is 0 Å². The summed E-state index contributed by atoms with van der Waals surface area (Å²) in [7, 11) is 2.23. The Morgan fingerprint density at radius 3 is 2.00 bits per heavy atom. The second-order valence-corrected chi connectivity index (χ2v) is 5.55. The van der Waals surface area contributed by atoms with Crippen molar-refractivity contribution in [1.82, 2.24) is 9.80 Å². The molecule has 0 spiro atoms. The average molecular weight is 184 g/mol. The topological polar surface area (TPSA) is 6.48 Å². The Bertz CT molecular complexity index is 169. The quantitative estimate of drug-likeness (QED) is 0.615. The van der Waals surface area contributed by atoms with Gasteiger partial charge in [0.1, 0.15) is 0 Å². The zero-order valence-electron chi connectivity index (χ0n) is 9.96. The molecule has 13 heavy (non-hydrogen) atoms. The molecular formula is C11H24N2. The van der Waals surface area contributed by atoms with Gasteiger partial charge in [0.05, 0.1) is 6.17 Å². The van der Waals surface area contributed by atoms with Gasteiger partial charge in [0, 0.05) is 19.1 Å². The maximum absolute atomic E-state index is 2.60. The van der Waals surface area contributed by atoms with Crippen molar-refractivity contribution >= 4 is 0 Å². The molecule has 0 aromatic heterocycles. The minimum absolute atomic E-state index is 0.357. The highest BCUT2D eigenvalue weighted by molar-refractivity contribution is 4.89. The molecular weight excluding hydrogens is 160 g/mol. The third kappa shape index (κ3) is 2.23. The lowest BCUT2D eigenvalue weighted by Crippen LogP contribution is -2.48. The molecule has 1 heterocycles. The summed E-state index contributed by atoms with van der Waals surface area (Å²) in [5.41, 5.74) is 0.357. The van der Waals surface area contributed by atoms with E-state index in [2.05, 4.69) is 51.5 Å². The van der Waals surface area contributed by atoms with Gasteiger partial charge >= 0.3 is 0 Å². The van der Waals surface area contributed by atoms with Crippen molar-refractivity contribution in [2.45, 2.75) is 46.8 Å². The second kappa shape index (κ2) is 3.58. The minimum atomic E-state index is 0.357. The van der Waals surface area contributed by atoms with E-state index in [1.54, 1.807) is 0 Å². The standard InChI is InChI=1S/C11H24N2/c1-9(2)13-8-7-12(6)10(13)11(3,4)5/h9-10H,7-8H2,1-6H3. The van der Waals surface area contributed by atoms with Crippen LogP contribution < -0.4 is 0 Å². The van der Waals surface area contributed by atoms with Crippen molar-refractivity contribution in [3.8, 4) is 0 Å². The number of rotatable bonds is 1. The Hall–Kier alpha value is -0.0800. The van der Waals surface area contributed by atoms with E-state index in [1.165, 1.54) is 13.1 Å². The van der Waals surface area contributed by atoms with E-state index in [4.69, 9.17) is 0 Å². The van der Waals surface area contributed by atoms with Crippen molar-refractivity contribution in [3.63, 3.8) is 0 Å². The highest BCUT2D eigenvalue weighted by Gasteiger charge is 2.38. The molecule has 1 atom stereocenters. The van der Waals surface area contributed by atoms with Gasteiger partial charge in [-0.1, -0.05) is 20.8 Å². The zero-order chi connectivity index (χ0) is 10.2. The molecule has 0 saturated carbocycles. The molecule has 0 aromatic rings. The molecule has 0 aliphatic carbocycles. The van der Waals surface area contributed by atoms with Gasteiger partial charge < -0.3 is 0 Å². The SMILES string of the molecule is CC(C)N1CCN(C)C1C(C)(C)C. The summed E-state index contributed by atoms with van der Waals surface area (Å²) >= 11 is 0. The Kier molecular flexibility index (Phi) is 3.03. The maximum atomic E-state index is 2.60. The summed E-state index contributed by atoms with van der Waals surface area (Å²) in [5, 5.41) is 0. The van der Waals surface area contributed by atoms with Gasteiger partial charge in [0.25, 0.3) is 0 Å². The molecule has 1 aliphatic heterocycles. The second-order valence-electron chi connectivity index (χ2n) is 5.55. The van der Waals surface area contributed by atoms with Crippen LogP contribution in [-0.4, -0.2) is 42.1 Å². The molecule has 0 radical (unpaired) electrons. The van der Waals surface area contributed by atoms with E-state index in [-0.39, 0.29) is 0 Å². The monoisotopic (exact) mass is 184 g/mol. The van der Waals surface area contributed by atoms with Crippen LogP contribution in [0.15, 0.2) is 0 Å². The highest BCUT2D eigenvalue weighted by Crippen LogP contribution is 2.31. The van der Waals surface area contributed by atoms with Crippen LogP contribution in [0, 0.1) is 5.41 Å². The van der Waals surface area contributed by atoms with E-state index in [0.717, 1.165) is 0 Å². The van der Waals surface area contributed by atoms with Gasteiger partial charge in [0.2, 0.25) is 0 Å². The fraction of sp³-hybridized carbons (Fsp3) is 1.00. The van der Waals surface area contributed by atoms with Crippen LogP contribution in [-0.2, 0) is 0 Å². The van der Waals surface area contributed by atoms with Crippen molar-refractivity contribution in [1.29, 1.82) is 0 Å². The summed E-state index contributed by atoms with van der Waals surface area (Å²) in [6.45, 7) is 14.0. The Morgan fingerprint density at radius 2 is 1.69 bits per heavy atom. The third-order valence-corrected chi connectivity index (χ3v) is 2.88. The fourth-order valence-electron chi connectivity index (χ4n) is 2.47. The molecule has 2 nitrogen and oxygen atoms in total.